The highest BCUT2D eigenvalue weighted by molar-refractivity contribution is 5.79. The van der Waals surface area contributed by atoms with E-state index >= 15 is 0 Å². The van der Waals surface area contributed by atoms with Gasteiger partial charge in [-0.25, -0.2) is 0 Å². The Hall–Kier alpha value is -1.58. The van der Waals surface area contributed by atoms with Gasteiger partial charge in [0.15, 0.2) is 5.78 Å². The van der Waals surface area contributed by atoms with Gasteiger partial charge in [0.05, 0.1) is 11.7 Å². The van der Waals surface area contributed by atoms with Crippen molar-refractivity contribution in [3.63, 3.8) is 0 Å². The Balaban J connectivity index is 3.24. The Labute approximate surface area is 82.3 Å². The van der Waals surface area contributed by atoms with Gasteiger partial charge in [0.1, 0.15) is 0 Å². The van der Waals surface area contributed by atoms with Crippen molar-refractivity contribution in [2.75, 3.05) is 5.73 Å². The van der Waals surface area contributed by atoms with Crippen molar-refractivity contribution in [2.24, 2.45) is 0 Å². The SMILES string of the molecule is CC[C@@H](C(C)=O)n1cccc(N)c1=O. The second-order valence-electron chi connectivity index (χ2n) is 3.21. The van der Waals surface area contributed by atoms with E-state index in [2.05, 4.69) is 0 Å². The number of rotatable bonds is 3. The van der Waals surface area contributed by atoms with E-state index in [-0.39, 0.29) is 17.0 Å². The summed E-state index contributed by atoms with van der Waals surface area (Å²) in [4.78, 5) is 22.8. The van der Waals surface area contributed by atoms with Crippen LogP contribution in [0.15, 0.2) is 23.1 Å². The first kappa shape index (κ1) is 10.5. The number of hydrogen-bond donors (Lipinski definition) is 1. The van der Waals surface area contributed by atoms with E-state index in [1.807, 2.05) is 6.92 Å². The van der Waals surface area contributed by atoms with Gasteiger partial charge in [-0.2, -0.15) is 0 Å². The molecule has 0 unspecified atom stereocenters. The van der Waals surface area contributed by atoms with Crippen molar-refractivity contribution in [3.8, 4) is 0 Å². The van der Waals surface area contributed by atoms with Crippen LogP contribution in [0.1, 0.15) is 26.3 Å². The molecule has 2 N–H and O–H groups in total. The van der Waals surface area contributed by atoms with Crippen molar-refractivity contribution >= 4 is 11.5 Å². The van der Waals surface area contributed by atoms with Crippen LogP contribution in [0.4, 0.5) is 5.69 Å². The number of aromatic nitrogens is 1. The molecule has 1 aromatic rings. The molecule has 0 aliphatic carbocycles. The van der Waals surface area contributed by atoms with Gasteiger partial charge >= 0.3 is 0 Å². The molecular weight excluding hydrogens is 180 g/mol. The first-order valence-electron chi connectivity index (χ1n) is 4.55. The van der Waals surface area contributed by atoms with Crippen LogP contribution in [0.2, 0.25) is 0 Å². The average Bonchev–Trinajstić information content (AvgIpc) is 2.13. The molecular formula is C10H14N2O2. The number of carbonyl (C=O) groups excluding carboxylic acids is 1. The number of hydrogen-bond acceptors (Lipinski definition) is 3. The summed E-state index contributed by atoms with van der Waals surface area (Å²) in [7, 11) is 0. The number of nitrogens with zero attached hydrogens (tertiary/aromatic N) is 1. The highest BCUT2D eigenvalue weighted by atomic mass is 16.1. The summed E-state index contributed by atoms with van der Waals surface area (Å²) >= 11 is 0. The van der Waals surface area contributed by atoms with Crippen LogP contribution < -0.4 is 11.3 Å². The van der Waals surface area contributed by atoms with Crippen LogP contribution in [0.5, 0.6) is 0 Å². The fourth-order valence-electron chi connectivity index (χ4n) is 1.45. The largest absolute Gasteiger partial charge is 0.394 e. The van der Waals surface area contributed by atoms with Gasteiger partial charge in [-0.15, -0.1) is 0 Å². The molecule has 0 radical (unpaired) electrons. The third kappa shape index (κ3) is 1.84. The number of anilines is 1. The zero-order valence-electron chi connectivity index (χ0n) is 8.36. The van der Waals surface area contributed by atoms with Crippen molar-refractivity contribution in [1.82, 2.24) is 4.57 Å². The number of Topliss-reactive ketones (excluding diaryl/α,β-unsaturated/α-hetero) is 1. The maximum absolute atomic E-state index is 11.6. The van der Waals surface area contributed by atoms with Gasteiger partial charge in [0.2, 0.25) is 0 Å². The van der Waals surface area contributed by atoms with Crippen LogP contribution in [0.25, 0.3) is 0 Å². The molecule has 4 nitrogen and oxygen atoms in total. The molecule has 14 heavy (non-hydrogen) atoms. The van der Waals surface area contributed by atoms with Gasteiger partial charge in [-0.05, 0) is 25.5 Å². The minimum absolute atomic E-state index is 0.0276. The summed E-state index contributed by atoms with van der Waals surface area (Å²) in [5.41, 5.74) is 5.35. The van der Waals surface area contributed by atoms with E-state index in [0.29, 0.717) is 6.42 Å². The molecule has 4 heteroatoms. The van der Waals surface area contributed by atoms with E-state index in [1.54, 1.807) is 12.3 Å². The maximum atomic E-state index is 11.6. The molecule has 0 aromatic carbocycles. The molecule has 0 saturated carbocycles. The van der Waals surface area contributed by atoms with E-state index in [9.17, 15) is 9.59 Å². The Morgan fingerprint density at radius 1 is 1.64 bits per heavy atom. The third-order valence-corrected chi connectivity index (χ3v) is 2.20. The van der Waals surface area contributed by atoms with Gasteiger partial charge in [-0.1, -0.05) is 6.92 Å². The third-order valence-electron chi connectivity index (χ3n) is 2.20. The van der Waals surface area contributed by atoms with E-state index in [0.717, 1.165) is 0 Å². The summed E-state index contributed by atoms with van der Waals surface area (Å²) in [5.74, 6) is -0.0276. The van der Waals surface area contributed by atoms with E-state index in [4.69, 9.17) is 5.73 Å². The Kier molecular flexibility index (Phi) is 3.06. The zero-order valence-corrected chi connectivity index (χ0v) is 8.36. The van der Waals surface area contributed by atoms with Crippen LogP contribution in [-0.4, -0.2) is 10.4 Å². The minimum Gasteiger partial charge on any atom is -0.394 e. The van der Waals surface area contributed by atoms with Gasteiger partial charge in [0.25, 0.3) is 5.56 Å². The predicted octanol–water partition coefficient (Wildman–Crippen LogP) is 0.971. The predicted molar refractivity (Wildman–Crippen MR) is 55.1 cm³/mol. The maximum Gasteiger partial charge on any atom is 0.274 e. The quantitative estimate of drug-likeness (QED) is 0.779. The second-order valence-corrected chi connectivity index (χ2v) is 3.21. The number of nitrogen functional groups attached to an aromatic ring is 1. The fraction of sp³-hybridized carbons (Fsp3) is 0.400. The normalized spacial score (nSPS) is 12.4. The van der Waals surface area contributed by atoms with Gasteiger partial charge in [0, 0.05) is 6.20 Å². The number of nitrogens with two attached hydrogens (primary N) is 1. The lowest BCUT2D eigenvalue weighted by atomic mass is 10.1. The van der Waals surface area contributed by atoms with Crippen molar-refractivity contribution in [2.45, 2.75) is 26.3 Å². The Bertz CT molecular complexity index is 395. The van der Waals surface area contributed by atoms with Crippen LogP contribution in [0, 0.1) is 0 Å². The molecule has 0 bridgehead atoms. The summed E-state index contributed by atoms with van der Waals surface area (Å²) < 4.78 is 1.39. The van der Waals surface area contributed by atoms with E-state index < -0.39 is 6.04 Å². The molecule has 76 valence electrons. The average molecular weight is 194 g/mol. The molecule has 1 atom stereocenters. The zero-order chi connectivity index (χ0) is 10.7. The van der Waals surface area contributed by atoms with Gasteiger partial charge < -0.3 is 10.3 Å². The van der Waals surface area contributed by atoms with Crippen molar-refractivity contribution in [1.29, 1.82) is 0 Å². The van der Waals surface area contributed by atoms with Crippen LogP contribution >= 0.6 is 0 Å². The molecule has 0 aliphatic heterocycles. The first-order valence-corrected chi connectivity index (χ1v) is 4.55. The summed E-state index contributed by atoms with van der Waals surface area (Å²) in [6.07, 6.45) is 2.19. The monoisotopic (exact) mass is 194 g/mol. The summed E-state index contributed by atoms with van der Waals surface area (Å²) in [6, 6.07) is 2.81. The summed E-state index contributed by atoms with van der Waals surface area (Å²) in [6.45, 7) is 3.34. The lowest BCUT2D eigenvalue weighted by molar-refractivity contribution is -0.120. The molecule has 0 spiro atoms. The summed E-state index contributed by atoms with van der Waals surface area (Å²) in [5, 5.41) is 0. The topological polar surface area (TPSA) is 65.1 Å². The molecule has 0 amide bonds. The smallest absolute Gasteiger partial charge is 0.274 e. The Morgan fingerprint density at radius 3 is 2.79 bits per heavy atom. The molecule has 1 rings (SSSR count). The lowest BCUT2D eigenvalue weighted by Gasteiger charge is -2.14. The van der Waals surface area contributed by atoms with Crippen LogP contribution in [0.3, 0.4) is 0 Å². The second kappa shape index (κ2) is 4.09. The number of ketones is 1. The first-order chi connectivity index (χ1) is 6.57. The van der Waals surface area contributed by atoms with Crippen molar-refractivity contribution < 1.29 is 4.79 Å². The minimum atomic E-state index is -0.397. The molecule has 1 heterocycles. The molecule has 0 saturated heterocycles. The number of carbonyl (C=O) groups is 1. The lowest BCUT2D eigenvalue weighted by Crippen LogP contribution is -2.29. The van der Waals surface area contributed by atoms with Crippen LogP contribution in [-0.2, 0) is 4.79 Å². The van der Waals surface area contributed by atoms with Crippen molar-refractivity contribution in [3.05, 3.63) is 28.7 Å². The molecule has 0 aliphatic rings. The number of pyridine rings is 1. The standard InChI is InChI=1S/C10H14N2O2/c1-3-9(7(2)13)12-6-4-5-8(11)10(12)14/h4-6,9H,3,11H2,1-2H3/t9-/m0/s1. The highest BCUT2D eigenvalue weighted by Crippen LogP contribution is 2.10. The Morgan fingerprint density at radius 2 is 2.29 bits per heavy atom. The molecule has 0 fully saturated rings. The highest BCUT2D eigenvalue weighted by Gasteiger charge is 2.15. The van der Waals surface area contributed by atoms with E-state index in [1.165, 1.54) is 17.6 Å². The molecule has 1 aromatic heterocycles. The van der Waals surface area contributed by atoms with Gasteiger partial charge in [-0.3, -0.25) is 9.59 Å². The fourth-order valence-corrected chi connectivity index (χ4v) is 1.45.